The van der Waals surface area contributed by atoms with Gasteiger partial charge in [0.2, 0.25) is 5.95 Å². The fourth-order valence-corrected chi connectivity index (χ4v) is 2.29. The molecule has 1 aliphatic rings. The highest BCUT2D eigenvalue weighted by atomic mass is 19.2. The lowest BCUT2D eigenvalue weighted by Gasteiger charge is -2.21. The summed E-state index contributed by atoms with van der Waals surface area (Å²) < 4.78 is 26.6. The quantitative estimate of drug-likeness (QED) is 0.822. The van der Waals surface area contributed by atoms with Crippen LogP contribution >= 0.6 is 0 Å². The summed E-state index contributed by atoms with van der Waals surface area (Å²) in [5.74, 6) is -2.98. The number of carbonyl (C=O) groups excluding carboxylic acids is 1. The number of aliphatic hydroxyl groups excluding tert-OH is 1. The maximum atomic E-state index is 13.6. The van der Waals surface area contributed by atoms with Crippen molar-refractivity contribution in [1.82, 2.24) is 14.8 Å². The molecule has 0 spiro atoms. The summed E-state index contributed by atoms with van der Waals surface area (Å²) in [6.45, 7) is 2.93. The molecule has 1 N–H and O–H groups in total. The van der Waals surface area contributed by atoms with Gasteiger partial charge in [0.05, 0.1) is 12.2 Å². The second kappa shape index (κ2) is 6.71. The monoisotopic (exact) mass is 285 g/mol. The van der Waals surface area contributed by atoms with E-state index in [1.807, 2.05) is 4.90 Å². The van der Waals surface area contributed by atoms with Crippen LogP contribution in [0.2, 0.25) is 0 Å². The zero-order valence-corrected chi connectivity index (χ0v) is 11.1. The number of halogens is 2. The van der Waals surface area contributed by atoms with E-state index < -0.39 is 17.7 Å². The van der Waals surface area contributed by atoms with Gasteiger partial charge in [-0.05, 0) is 19.0 Å². The zero-order valence-electron chi connectivity index (χ0n) is 11.1. The minimum Gasteiger partial charge on any atom is -0.395 e. The molecule has 0 radical (unpaired) electrons. The molecule has 7 heteroatoms. The molecule has 1 aliphatic heterocycles. The summed E-state index contributed by atoms with van der Waals surface area (Å²) in [6.07, 6.45) is 1.82. The molecule has 2 rings (SSSR count). The van der Waals surface area contributed by atoms with Crippen molar-refractivity contribution in [2.75, 3.05) is 39.3 Å². The van der Waals surface area contributed by atoms with E-state index in [1.165, 1.54) is 11.0 Å². The van der Waals surface area contributed by atoms with E-state index in [9.17, 15) is 13.6 Å². The normalized spacial score (nSPS) is 17.1. The topological polar surface area (TPSA) is 56.7 Å². The van der Waals surface area contributed by atoms with E-state index in [0.717, 1.165) is 19.2 Å². The molecule has 1 saturated heterocycles. The first-order valence-electron chi connectivity index (χ1n) is 6.56. The summed E-state index contributed by atoms with van der Waals surface area (Å²) >= 11 is 0. The number of pyridine rings is 1. The molecule has 1 fully saturated rings. The molecule has 2 heterocycles. The van der Waals surface area contributed by atoms with Crippen molar-refractivity contribution in [2.45, 2.75) is 6.42 Å². The third kappa shape index (κ3) is 3.29. The van der Waals surface area contributed by atoms with Gasteiger partial charge in [0.15, 0.2) is 5.82 Å². The van der Waals surface area contributed by atoms with E-state index in [-0.39, 0.29) is 12.2 Å². The first-order valence-corrected chi connectivity index (χ1v) is 6.56. The highest BCUT2D eigenvalue weighted by Gasteiger charge is 2.23. The predicted octanol–water partition coefficient (Wildman–Crippen LogP) is 0.500. The number of hydrogen-bond acceptors (Lipinski definition) is 4. The lowest BCUT2D eigenvalue weighted by molar-refractivity contribution is 0.0754. The van der Waals surface area contributed by atoms with E-state index >= 15 is 0 Å². The minimum atomic E-state index is -1.26. The molecule has 1 aromatic heterocycles. The number of amides is 1. The van der Waals surface area contributed by atoms with Gasteiger partial charge < -0.3 is 10.0 Å². The van der Waals surface area contributed by atoms with Crippen LogP contribution in [0.15, 0.2) is 12.3 Å². The fourth-order valence-electron chi connectivity index (χ4n) is 2.29. The van der Waals surface area contributed by atoms with Crippen LogP contribution in [0.4, 0.5) is 8.78 Å². The molecule has 110 valence electrons. The van der Waals surface area contributed by atoms with Crippen LogP contribution in [-0.2, 0) is 0 Å². The van der Waals surface area contributed by atoms with E-state index in [2.05, 4.69) is 4.98 Å². The Morgan fingerprint density at radius 1 is 1.30 bits per heavy atom. The van der Waals surface area contributed by atoms with Crippen LogP contribution in [0.3, 0.4) is 0 Å². The molecule has 0 unspecified atom stereocenters. The average Bonchev–Trinajstić information content (AvgIpc) is 2.67. The summed E-state index contributed by atoms with van der Waals surface area (Å²) in [4.78, 5) is 18.9. The van der Waals surface area contributed by atoms with Crippen LogP contribution in [0, 0.1) is 11.8 Å². The van der Waals surface area contributed by atoms with Gasteiger partial charge in [0.25, 0.3) is 5.91 Å². The third-order valence-corrected chi connectivity index (χ3v) is 3.37. The Labute approximate surface area is 115 Å². The number of rotatable bonds is 3. The van der Waals surface area contributed by atoms with Gasteiger partial charge in [-0.15, -0.1) is 0 Å². The highest BCUT2D eigenvalue weighted by Crippen LogP contribution is 2.13. The van der Waals surface area contributed by atoms with Crippen molar-refractivity contribution < 1.29 is 18.7 Å². The maximum Gasteiger partial charge on any atom is 0.257 e. The maximum absolute atomic E-state index is 13.6. The largest absolute Gasteiger partial charge is 0.395 e. The van der Waals surface area contributed by atoms with Gasteiger partial charge in [-0.25, -0.2) is 9.37 Å². The minimum absolute atomic E-state index is 0.0676. The van der Waals surface area contributed by atoms with Gasteiger partial charge in [-0.2, -0.15) is 4.39 Å². The Morgan fingerprint density at radius 2 is 2.10 bits per heavy atom. The summed E-state index contributed by atoms with van der Waals surface area (Å²) in [5, 5.41) is 8.91. The molecule has 1 aromatic rings. The van der Waals surface area contributed by atoms with Crippen LogP contribution in [0.5, 0.6) is 0 Å². The molecule has 20 heavy (non-hydrogen) atoms. The Balaban J connectivity index is 2.07. The smallest absolute Gasteiger partial charge is 0.257 e. The Bertz CT molecular complexity index is 485. The first kappa shape index (κ1) is 14.8. The molecule has 0 saturated carbocycles. The van der Waals surface area contributed by atoms with Gasteiger partial charge in [-0.3, -0.25) is 9.69 Å². The Kier molecular flexibility index (Phi) is 4.97. The van der Waals surface area contributed by atoms with Crippen LogP contribution in [-0.4, -0.2) is 65.1 Å². The molecule has 0 aromatic carbocycles. The summed E-state index contributed by atoms with van der Waals surface area (Å²) in [6, 6.07) is 1.19. The van der Waals surface area contributed by atoms with Crippen molar-refractivity contribution in [3.63, 3.8) is 0 Å². The highest BCUT2D eigenvalue weighted by molar-refractivity contribution is 5.94. The fraction of sp³-hybridized carbons (Fsp3) is 0.538. The number of aliphatic hydroxyl groups is 1. The van der Waals surface area contributed by atoms with Gasteiger partial charge >= 0.3 is 0 Å². The van der Waals surface area contributed by atoms with Crippen molar-refractivity contribution >= 4 is 5.91 Å². The van der Waals surface area contributed by atoms with Gasteiger partial charge in [0, 0.05) is 32.4 Å². The van der Waals surface area contributed by atoms with Gasteiger partial charge in [0.1, 0.15) is 0 Å². The number of hydrogen-bond donors (Lipinski definition) is 1. The second-order valence-electron chi connectivity index (χ2n) is 4.67. The van der Waals surface area contributed by atoms with Crippen LogP contribution in [0.25, 0.3) is 0 Å². The average molecular weight is 285 g/mol. The van der Waals surface area contributed by atoms with Gasteiger partial charge in [-0.1, -0.05) is 0 Å². The SMILES string of the molecule is O=C(c1ccnc(F)c1F)N1CCCN(CCO)CC1. The molecular formula is C13H17F2N3O2. The number of carbonyl (C=O) groups is 1. The zero-order chi connectivity index (χ0) is 14.5. The van der Waals surface area contributed by atoms with Crippen molar-refractivity contribution in [3.05, 3.63) is 29.6 Å². The second-order valence-corrected chi connectivity index (χ2v) is 4.67. The van der Waals surface area contributed by atoms with E-state index in [0.29, 0.717) is 26.2 Å². The molecule has 5 nitrogen and oxygen atoms in total. The van der Waals surface area contributed by atoms with E-state index in [4.69, 9.17) is 5.11 Å². The van der Waals surface area contributed by atoms with Crippen molar-refractivity contribution in [2.24, 2.45) is 0 Å². The predicted molar refractivity (Wildman–Crippen MR) is 68.2 cm³/mol. The lowest BCUT2D eigenvalue weighted by atomic mass is 10.2. The summed E-state index contributed by atoms with van der Waals surface area (Å²) in [5.41, 5.74) is -0.284. The van der Waals surface area contributed by atoms with Crippen LogP contribution in [0.1, 0.15) is 16.8 Å². The summed E-state index contributed by atoms with van der Waals surface area (Å²) in [7, 11) is 0. The molecule has 1 amide bonds. The Hall–Kier alpha value is -1.60. The number of aromatic nitrogens is 1. The van der Waals surface area contributed by atoms with E-state index in [1.54, 1.807) is 0 Å². The number of nitrogens with zero attached hydrogens (tertiary/aromatic N) is 3. The Morgan fingerprint density at radius 3 is 2.85 bits per heavy atom. The van der Waals surface area contributed by atoms with Crippen LogP contribution < -0.4 is 0 Å². The molecular weight excluding hydrogens is 268 g/mol. The van der Waals surface area contributed by atoms with Crippen molar-refractivity contribution in [1.29, 1.82) is 0 Å². The number of β-amino-alcohol motifs (C(OH)–C–C–N with tert-alkyl or cyclic N) is 1. The standard InChI is InChI=1S/C13H17F2N3O2/c14-11-10(2-3-16-12(11)15)13(20)18-5-1-4-17(6-7-18)8-9-19/h2-3,19H,1,4-9H2. The third-order valence-electron chi connectivity index (χ3n) is 3.37. The molecule has 0 aliphatic carbocycles. The van der Waals surface area contributed by atoms with Crippen molar-refractivity contribution in [3.8, 4) is 0 Å². The lowest BCUT2D eigenvalue weighted by Crippen LogP contribution is -2.36. The molecule has 0 bridgehead atoms. The first-order chi connectivity index (χ1) is 9.63. The molecule has 0 atom stereocenters.